The van der Waals surface area contributed by atoms with E-state index < -0.39 is 0 Å². The molecule has 28 heavy (non-hydrogen) atoms. The number of hydrogen-bond donors (Lipinski definition) is 2. The number of benzene rings is 2. The van der Waals surface area contributed by atoms with Gasteiger partial charge in [-0.25, -0.2) is 9.07 Å². The number of nitrogens with one attached hydrogen (secondary N) is 2. The summed E-state index contributed by atoms with van der Waals surface area (Å²) in [6.07, 6.45) is 5.49. The second-order valence-electron chi connectivity index (χ2n) is 6.45. The van der Waals surface area contributed by atoms with E-state index in [0.717, 1.165) is 42.3 Å². The van der Waals surface area contributed by atoms with Crippen LogP contribution in [-0.2, 0) is 12.8 Å². The molecule has 0 amide bonds. The van der Waals surface area contributed by atoms with Crippen molar-refractivity contribution in [1.29, 1.82) is 0 Å². The van der Waals surface area contributed by atoms with Gasteiger partial charge in [0.1, 0.15) is 5.82 Å². The fourth-order valence-electron chi connectivity index (χ4n) is 2.87. The minimum atomic E-state index is -0.206. The highest BCUT2D eigenvalue weighted by atomic mass is 19.1. The Bertz CT molecular complexity index is 889. The molecule has 0 saturated heterocycles. The molecule has 3 rings (SSSR count). The highest BCUT2D eigenvalue weighted by Crippen LogP contribution is 2.08. The third-order valence-corrected chi connectivity index (χ3v) is 4.27. The van der Waals surface area contributed by atoms with Gasteiger partial charge in [0.25, 0.3) is 0 Å². The summed E-state index contributed by atoms with van der Waals surface area (Å²) in [4.78, 5) is 4.57. The second-order valence-corrected chi connectivity index (χ2v) is 6.45. The highest BCUT2D eigenvalue weighted by Gasteiger charge is 2.02. The van der Waals surface area contributed by atoms with Gasteiger partial charge in [-0.2, -0.15) is 5.10 Å². The van der Waals surface area contributed by atoms with Gasteiger partial charge in [0.05, 0.1) is 11.9 Å². The largest absolute Gasteiger partial charge is 0.357 e. The Morgan fingerprint density at radius 2 is 1.89 bits per heavy atom. The first-order chi connectivity index (χ1) is 13.7. The first-order valence-electron chi connectivity index (χ1n) is 9.60. The second kappa shape index (κ2) is 10.3. The van der Waals surface area contributed by atoms with Crippen LogP contribution in [0.25, 0.3) is 5.69 Å². The zero-order valence-corrected chi connectivity index (χ0v) is 16.1. The molecule has 6 heteroatoms. The molecule has 1 heterocycles. The Balaban J connectivity index is 1.49. The molecule has 3 aromatic rings. The van der Waals surface area contributed by atoms with Gasteiger partial charge in [-0.05, 0) is 55.2 Å². The Morgan fingerprint density at radius 1 is 1.04 bits per heavy atom. The van der Waals surface area contributed by atoms with E-state index in [4.69, 9.17) is 0 Å². The van der Waals surface area contributed by atoms with Gasteiger partial charge in [0.15, 0.2) is 5.96 Å². The number of hydrogen-bond acceptors (Lipinski definition) is 2. The van der Waals surface area contributed by atoms with Crippen LogP contribution in [0.3, 0.4) is 0 Å². The first kappa shape index (κ1) is 19.6. The monoisotopic (exact) mass is 379 g/mol. The summed E-state index contributed by atoms with van der Waals surface area (Å²) in [7, 11) is 0. The fourth-order valence-corrected chi connectivity index (χ4v) is 2.87. The predicted octanol–water partition coefficient (Wildman–Crippen LogP) is 3.35. The lowest BCUT2D eigenvalue weighted by atomic mass is 10.1. The Kier molecular flexibility index (Phi) is 7.18. The van der Waals surface area contributed by atoms with Gasteiger partial charge >= 0.3 is 0 Å². The van der Waals surface area contributed by atoms with Crippen LogP contribution in [0.15, 0.2) is 72.0 Å². The van der Waals surface area contributed by atoms with E-state index in [2.05, 4.69) is 20.7 Å². The average molecular weight is 379 g/mol. The number of rotatable bonds is 8. The van der Waals surface area contributed by atoms with Crippen LogP contribution in [0.2, 0.25) is 0 Å². The van der Waals surface area contributed by atoms with Crippen LogP contribution in [0.5, 0.6) is 0 Å². The first-order valence-corrected chi connectivity index (χ1v) is 9.60. The predicted molar refractivity (Wildman–Crippen MR) is 111 cm³/mol. The molecule has 0 aliphatic carbocycles. The van der Waals surface area contributed by atoms with E-state index in [0.29, 0.717) is 13.0 Å². The van der Waals surface area contributed by atoms with Crippen molar-refractivity contribution in [2.24, 2.45) is 4.99 Å². The molecular formula is C22H26FN5. The number of guanidine groups is 1. The van der Waals surface area contributed by atoms with Crippen LogP contribution in [0, 0.1) is 5.82 Å². The molecule has 0 saturated carbocycles. The minimum Gasteiger partial charge on any atom is -0.357 e. The average Bonchev–Trinajstić information content (AvgIpc) is 3.18. The van der Waals surface area contributed by atoms with E-state index in [-0.39, 0.29) is 5.82 Å². The number of halogens is 1. The number of para-hydroxylation sites is 1. The van der Waals surface area contributed by atoms with E-state index in [1.165, 1.54) is 6.07 Å². The van der Waals surface area contributed by atoms with E-state index >= 15 is 0 Å². The van der Waals surface area contributed by atoms with Crippen molar-refractivity contribution in [3.8, 4) is 5.69 Å². The molecule has 146 valence electrons. The van der Waals surface area contributed by atoms with Crippen LogP contribution in [0.4, 0.5) is 4.39 Å². The molecule has 0 atom stereocenters. The van der Waals surface area contributed by atoms with Crippen molar-refractivity contribution in [2.45, 2.75) is 19.8 Å². The van der Waals surface area contributed by atoms with Gasteiger partial charge in [-0.3, -0.25) is 4.99 Å². The summed E-state index contributed by atoms with van der Waals surface area (Å²) in [5, 5.41) is 11.0. The van der Waals surface area contributed by atoms with Crippen LogP contribution in [0.1, 0.15) is 18.1 Å². The van der Waals surface area contributed by atoms with Gasteiger partial charge in [0.2, 0.25) is 0 Å². The quantitative estimate of drug-likeness (QED) is 0.466. The molecular weight excluding hydrogens is 353 g/mol. The molecule has 0 aliphatic heterocycles. The van der Waals surface area contributed by atoms with E-state index in [1.807, 2.05) is 60.4 Å². The molecule has 0 bridgehead atoms. The highest BCUT2D eigenvalue weighted by molar-refractivity contribution is 5.79. The molecule has 2 N–H and O–H groups in total. The van der Waals surface area contributed by atoms with Gasteiger partial charge in [-0.15, -0.1) is 0 Å². The number of aliphatic imine (C=N–C) groups is 1. The van der Waals surface area contributed by atoms with Crippen molar-refractivity contribution in [1.82, 2.24) is 20.4 Å². The van der Waals surface area contributed by atoms with Crippen LogP contribution >= 0.6 is 0 Å². The molecule has 0 unspecified atom stereocenters. The maximum Gasteiger partial charge on any atom is 0.191 e. The van der Waals surface area contributed by atoms with Crippen molar-refractivity contribution < 1.29 is 4.39 Å². The maximum atomic E-state index is 13.2. The Morgan fingerprint density at radius 3 is 2.68 bits per heavy atom. The topological polar surface area (TPSA) is 54.2 Å². The van der Waals surface area contributed by atoms with Gasteiger partial charge in [0, 0.05) is 25.8 Å². The number of aromatic nitrogens is 2. The third-order valence-electron chi connectivity index (χ3n) is 4.27. The normalized spacial score (nSPS) is 11.4. The lowest BCUT2D eigenvalue weighted by Gasteiger charge is -2.10. The summed E-state index contributed by atoms with van der Waals surface area (Å²) in [5.74, 6) is 0.567. The Labute approximate surface area is 165 Å². The van der Waals surface area contributed by atoms with Gasteiger partial charge in [-0.1, -0.05) is 30.3 Å². The lowest BCUT2D eigenvalue weighted by molar-refractivity contribution is 0.625. The SMILES string of the molecule is CCNC(=NCCc1cccc(F)c1)NCCc1cnn(-c2ccccc2)c1. The van der Waals surface area contributed by atoms with Crippen LogP contribution < -0.4 is 10.6 Å². The van der Waals surface area contributed by atoms with Crippen molar-refractivity contribution in [3.05, 3.63) is 83.9 Å². The summed E-state index contributed by atoms with van der Waals surface area (Å²) < 4.78 is 15.1. The molecule has 5 nitrogen and oxygen atoms in total. The summed E-state index contributed by atoms with van der Waals surface area (Å²) in [5.41, 5.74) is 3.16. The zero-order valence-electron chi connectivity index (χ0n) is 16.1. The Hall–Kier alpha value is -3.15. The maximum absolute atomic E-state index is 13.2. The molecule has 0 spiro atoms. The summed E-state index contributed by atoms with van der Waals surface area (Å²) >= 11 is 0. The minimum absolute atomic E-state index is 0.206. The summed E-state index contributed by atoms with van der Waals surface area (Å²) in [6.45, 7) is 4.18. The summed E-state index contributed by atoms with van der Waals surface area (Å²) in [6, 6.07) is 16.7. The molecule has 0 radical (unpaired) electrons. The lowest BCUT2D eigenvalue weighted by Crippen LogP contribution is -2.38. The van der Waals surface area contributed by atoms with Crippen molar-refractivity contribution >= 4 is 5.96 Å². The van der Waals surface area contributed by atoms with E-state index in [9.17, 15) is 4.39 Å². The van der Waals surface area contributed by atoms with Crippen LogP contribution in [-0.4, -0.2) is 35.4 Å². The molecule has 0 fully saturated rings. The van der Waals surface area contributed by atoms with Crippen molar-refractivity contribution in [2.75, 3.05) is 19.6 Å². The standard InChI is InChI=1S/C22H26FN5/c1-2-24-22(25-13-11-18-7-6-8-20(23)15-18)26-14-12-19-16-27-28(17-19)21-9-4-3-5-10-21/h3-10,15-17H,2,11-14H2,1H3,(H2,24,25,26). The smallest absolute Gasteiger partial charge is 0.191 e. The molecule has 0 aliphatic rings. The molecule has 2 aromatic carbocycles. The number of nitrogens with zero attached hydrogens (tertiary/aromatic N) is 3. The zero-order chi connectivity index (χ0) is 19.6. The fraction of sp³-hybridized carbons (Fsp3) is 0.273. The molecule has 1 aromatic heterocycles. The van der Waals surface area contributed by atoms with Crippen molar-refractivity contribution in [3.63, 3.8) is 0 Å². The van der Waals surface area contributed by atoms with Gasteiger partial charge < -0.3 is 10.6 Å². The van der Waals surface area contributed by atoms with E-state index in [1.54, 1.807) is 12.1 Å². The third kappa shape index (κ3) is 5.94.